The van der Waals surface area contributed by atoms with E-state index in [1.165, 1.54) is 36.1 Å². The second-order valence-corrected chi connectivity index (χ2v) is 13.1. The van der Waals surface area contributed by atoms with Gasteiger partial charge in [-0.15, -0.1) is 0 Å². The first-order valence-electron chi connectivity index (χ1n) is 16.1. The summed E-state index contributed by atoms with van der Waals surface area (Å²) in [6.45, 7) is 0.359. The molecule has 2 aromatic carbocycles. The summed E-state index contributed by atoms with van der Waals surface area (Å²) in [6.07, 6.45) is -1.76. The lowest BCUT2D eigenvalue weighted by Gasteiger charge is -2.32. The zero-order valence-electron chi connectivity index (χ0n) is 26.8. The summed E-state index contributed by atoms with van der Waals surface area (Å²) in [5.41, 5.74) is -5.61. The van der Waals surface area contributed by atoms with Crippen molar-refractivity contribution in [3.05, 3.63) is 83.4 Å². The van der Waals surface area contributed by atoms with Crippen molar-refractivity contribution in [2.75, 3.05) is 26.2 Å². The molecule has 3 aliphatic rings. The van der Waals surface area contributed by atoms with Gasteiger partial charge in [0.2, 0.25) is 11.5 Å². The molecule has 2 aromatic heterocycles. The number of aromatic nitrogens is 2. The molecule has 2 N–H and O–H groups in total. The minimum atomic E-state index is -5.37. The number of nitrogens with zero attached hydrogens (tertiary/aromatic N) is 4. The molecular formula is C36H31F4N5O5. The van der Waals surface area contributed by atoms with Gasteiger partial charge in [-0.05, 0) is 74.7 Å². The number of likely N-dealkylation sites (tertiary alicyclic amines) is 1. The first kappa shape index (κ1) is 33.2. The van der Waals surface area contributed by atoms with Crippen molar-refractivity contribution in [1.82, 2.24) is 20.2 Å². The molecule has 10 nitrogen and oxygen atoms in total. The second kappa shape index (κ2) is 12.2. The van der Waals surface area contributed by atoms with Crippen molar-refractivity contribution in [1.29, 1.82) is 5.26 Å². The number of benzene rings is 2. The van der Waals surface area contributed by atoms with Crippen molar-refractivity contribution in [3.63, 3.8) is 0 Å². The summed E-state index contributed by atoms with van der Waals surface area (Å²) >= 11 is 0. The van der Waals surface area contributed by atoms with Crippen LogP contribution in [-0.4, -0.2) is 70.3 Å². The predicted octanol–water partition coefficient (Wildman–Crippen LogP) is 5.18. The van der Waals surface area contributed by atoms with Gasteiger partial charge in [0.1, 0.15) is 40.5 Å². The van der Waals surface area contributed by atoms with E-state index in [2.05, 4.69) is 21.4 Å². The van der Waals surface area contributed by atoms with Crippen LogP contribution in [0.2, 0.25) is 0 Å². The van der Waals surface area contributed by atoms with Crippen molar-refractivity contribution < 1.29 is 41.7 Å². The van der Waals surface area contributed by atoms with Crippen LogP contribution in [0.15, 0.2) is 60.8 Å². The minimum Gasteiger partial charge on any atom is -0.489 e. The Morgan fingerprint density at radius 2 is 1.92 bits per heavy atom. The average Bonchev–Trinajstić information content (AvgIpc) is 3.67. The van der Waals surface area contributed by atoms with Crippen LogP contribution in [-0.2, 0) is 15.8 Å². The molecule has 2 aliphatic heterocycles. The third-order valence-electron chi connectivity index (χ3n) is 9.47. The SMILES string of the molecule is C[C@]1(C(=O)N2CC[C@@H](C#N)C2)COc2c1cc([C@@](O)(CNC(=O)c1cc(OC3CC3)c3ncccc3c1)C(F)(F)F)nc2-c1ccc(F)cc1. The Bertz CT molecular complexity index is 2050. The Balaban J connectivity index is 1.28. The largest absolute Gasteiger partial charge is 0.489 e. The minimum absolute atomic E-state index is 0.00699. The first-order valence-corrected chi connectivity index (χ1v) is 16.1. The summed E-state index contributed by atoms with van der Waals surface area (Å²) in [4.78, 5) is 37.3. The van der Waals surface area contributed by atoms with Gasteiger partial charge in [0.05, 0.1) is 30.3 Å². The lowest BCUT2D eigenvalue weighted by Crippen LogP contribution is -2.52. The summed E-state index contributed by atoms with van der Waals surface area (Å²) in [6, 6.07) is 14.1. The maximum atomic E-state index is 15.0. The van der Waals surface area contributed by atoms with E-state index in [4.69, 9.17) is 9.47 Å². The van der Waals surface area contributed by atoms with Crippen LogP contribution < -0.4 is 14.8 Å². The van der Waals surface area contributed by atoms with E-state index in [0.717, 1.165) is 31.0 Å². The topological polar surface area (TPSA) is 138 Å². The average molecular weight is 690 g/mol. The molecule has 7 rings (SSSR count). The van der Waals surface area contributed by atoms with E-state index < -0.39 is 47.1 Å². The molecule has 2 fully saturated rings. The quantitative estimate of drug-likeness (QED) is 0.242. The van der Waals surface area contributed by atoms with Crippen LogP contribution in [0.5, 0.6) is 11.5 Å². The summed E-state index contributed by atoms with van der Waals surface area (Å²) in [7, 11) is 0. The Kier molecular flexibility index (Phi) is 8.13. The highest BCUT2D eigenvalue weighted by Crippen LogP contribution is 2.48. The Labute approximate surface area is 283 Å². The molecule has 14 heteroatoms. The highest BCUT2D eigenvalue weighted by atomic mass is 19.4. The molecule has 2 amide bonds. The van der Waals surface area contributed by atoms with Crippen LogP contribution >= 0.6 is 0 Å². The number of carbonyl (C=O) groups excluding carboxylic acids is 2. The summed E-state index contributed by atoms with van der Waals surface area (Å²) in [5, 5.41) is 23.7. The first-order chi connectivity index (χ1) is 23.8. The standard InChI is InChI=1S/C36H31F4N5O5/c1-34(33(47)45-12-10-20(16-41)17-45)19-49-31-26(34)15-28(44-30(31)21-4-6-24(37)7-5-21)35(48,36(38,39)40)18-43-32(46)23-13-22-3-2-11-42-29(22)27(14-23)50-25-8-9-25/h2-7,11,13-15,20,25,48H,8-10,12,17-19H2,1H3,(H,43,46)/t20-,34-,35-/m0/s1. The van der Waals surface area contributed by atoms with E-state index in [1.54, 1.807) is 18.3 Å². The zero-order valence-corrected chi connectivity index (χ0v) is 26.8. The second-order valence-electron chi connectivity index (χ2n) is 13.1. The summed E-state index contributed by atoms with van der Waals surface area (Å²) < 4.78 is 70.8. The third-order valence-corrected chi connectivity index (χ3v) is 9.47. The van der Waals surface area contributed by atoms with Crippen molar-refractivity contribution in [2.45, 2.75) is 49.5 Å². The molecule has 1 saturated heterocycles. The van der Waals surface area contributed by atoms with Crippen molar-refractivity contribution in [2.24, 2.45) is 5.92 Å². The van der Waals surface area contributed by atoms with Gasteiger partial charge >= 0.3 is 6.18 Å². The van der Waals surface area contributed by atoms with Crippen molar-refractivity contribution >= 4 is 22.7 Å². The number of nitrogens with one attached hydrogen (secondary N) is 1. The molecule has 258 valence electrons. The highest BCUT2D eigenvalue weighted by molar-refractivity contribution is 6.00. The lowest BCUT2D eigenvalue weighted by atomic mass is 9.81. The monoisotopic (exact) mass is 689 g/mol. The van der Waals surface area contributed by atoms with Gasteiger partial charge in [0, 0.05) is 41.4 Å². The number of nitriles is 1. The van der Waals surface area contributed by atoms with Gasteiger partial charge in [0.25, 0.3) is 5.91 Å². The van der Waals surface area contributed by atoms with Gasteiger partial charge in [0.15, 0.2) is 0 Å². The number of halogens is 4. The Hall–Kier alpha value is -5.29. The number of carbonyl (C=O) groups is 2. The normalized spacial score (nSPS) is 21.2. The number of amides is 2. The van der Waals surface area contributed by atoms with Crippen LogP contribution in [0.3, 0.4) is 0 Å². The van der Waals surface area contributed by atoms with E-state index >= 15 is 13.2 Å². The number of aliphatic hydroxyl groups is 1. The van der Waals surface area contributed by atoms with E-state index in [-0.39, 0.29) is 59.9 Å². The Morgan fingerprint density at radius 1 is 1.16 bits per heavy atom. The fraction of sp³-hybridized carbons (Fsp3) is 0.361. The number of hydrogen-bond donors (Lipinski definition) is 2. The van der Waals surface area contributed by atoms with Gasteiger partial charge in [-0.1, -0.05) is 6.07 Å². The fourth-order valence-corrected chi connectivity index (χ4v) is 6.37. The van der Waals surface area contributed by atoms with Crippen molar-refractivity contribution in [3.8, 4) is 28.8 Å². The molecular weight excluding hydrogens is 658 g/mol. The molecule has 1 aliphatic carbocycles. The molecule has 0 radical (unpaired) electrons. The molecule has 4 heterocycles. The maximum absolute atomic E-state index is 15.0. The zero-order chi connectivity index (χ0) is 35.4. The van der Waals surface area contributed by atoms with E-state index in [9.17, 15) is 24.3 Å². The molecule has 4 aromatic rings. The van der Waals surface area contributed by atoms with Gasteiger partial charge < -0.3 is 24.8 Å². The predicted molar refractivity (Wildman–Crippen MR) is 170 cm³/mol. The smallest absolute Gasteiger partial charge is 0.424 e. The number of hydrogen-bond acceptors (Lipinski definition) is 8. The number of ether oxygens (including phenoxy) is 2. The van der Waals surface area contributed by atoms with Gasteiger partial charge in [-0.25, -0.2) is 9.37 Å². The van der Waals surface area contributed by atoms with Crippen LogP contribution in [0.25, 0.3) is 22.2 Å². The van der Waals surface area contributed by atoms with Crippen LogP contribution in [0.4, 0.5) is 17.6 Å². The molecule has 0 spiro atoms. The maximum Gasteiger partial charge on any atom is 0.424 e. The Morgan fingerprint density at radius 3 is 2.60 bits per heavy atom. The number of alkyl halides is 3. The third kappa shape index (κ3) is 5.85. The number of fused-ring (bicyclic) bond motifs is 2. The number of pyridine rings is 2. The van der Waals surface area contributed by atoms with Crippen LogP contribution in [0, 0.1) is 23.1 Å². The van der Waals surface area contributed by atoms with E-state index in [1.807, 2.05) is 0 Å². The van der Waals surface area contributed by atoms with Crippen LogP contribution in [0.1, 0.15) is 47.8 Å². The fourth-order valence-electron chi connectivity index (χ4n) is 6.37. The molecule has 50 heavy (non-hydrogen) atoms. The van der Waals surface area contributed by atoms with E-state index in [0.29, 0.717) is 23.1 Å². The number of rotatable bonds is 8. The molecule has 3 atom stereocenters. The van der Waals surface area contributed by atoms with Gasteiger partial charge in [-0.2, -0.15) is 18.4 Å². The summed E-state index contributed by atoms with van der Waals surface area (Å²) in [5.74, 6) is -2.05. The molecule has 0 bridgehead atoms. The molecule has 1 saturated carbocycles. The molecule has 0 unspecified atom stereocenters. The van der Waals surface area contributed by atoms with Gasteiger partial charge in [-0.3, -0.25) is 14.6 Å². The lowest BCUT2D eigenvalue weighted by molar-refractivity contribution is -0.265. The highest BCUT2D eigenvalue weighted by Gasteiger charge is 2.58.